The fraction of sp³-hybridized carbons (Fsp3) is 0.143. The lowest BCUT2D eigenvalue weighted by atomic mass is 9.66. The van der Waals surface area contributed by atoms with Crippen LogP contribution in [0.5, 0.6) is 0 Å². The maximum Gasteiger partial charge on any atom is 0.0713 e. The summed E-state index contributed by atoms with van der Waals surface area (Å²) in [4.78, 5) is 0. The molecule has 50 heavy (non-hydrogen) atoms. The first-order chi connectivity index (χ1) is 24.3. The Hall–Kier alpha value is -5.66. The summed E-state index contributed by atoms with van der Waals surface area (Å²) in [5.74, 6) is 0. The smallest absolute Gasteiger partial charge is 0.0713 e. The Kier molecular flexibility index (Phi) is 5.25. The highest BCUT2D eigenvalue weighted by Crippen LogP contribution is 2.59. The number of benzene rings is 7. The van der Waals surface area contributed by atoms with Gasteiger partial charge < -0.3 is 4.57 Å². The molecule has 0 amide bonds. The lowest BCUT2D eigenvalue weighted by Crippen LogP contribution is -2.33. The predicted molar refractivity (Wildman–Crippen MR) is 208 cm³/mol. The van der Waals surface area contributed by atoms with Crippen molar-refractivity contribution in [3.8, 4) is 27.9 Å². The molecule has 1 aromatic heterocycles. The van der Waals surface area contributed by atoms with Crippen molar-refractivity contribution in [2.24, 2.45) is 0 Å². The van der Waals surface area contributed by atoms with Gasteiger partial charge in [0.15, 0.2) is 0 Å². The molecule has 7 aromatic carbocycles. The van der Waals surface area contributed by atoms with Gasteiger partial charge in [-0.15, -0.1) is 0 Å². The largest absolute Gasteiger partial charge is 0.308 e. The zero-order chi connectivity index (χ0) is 33.6. The van der Waals surface area contributed by atoms with Gasteiger partial charge in [-0.1, -0.05) is 161 Å². The highest BCUT2D eigenvalue weighted by atomic mass is 15.0. The van der Waals surface area contributed by atoms with Gasteiger partial charge in [-0.2, -0.15) is 0 Å². The third-order valence-electron chi connectivity index (χ3n) is 12.6. The summed E-state index contributed by atoms with van der Waals surface area (Å²) in [5, 5.41) is 2.73. The maximum absolute atomic E-state index is 2.62. The van der Waals surface area contributed by atoms with Gasteiger partial charge in [0, 0.05) is 21.6 Å². The van der Waals surface area contributed by atoms with Crippen molar-refractivity contribution in [1.29, 1.82) is 0 Å². The van der Waals surface area contributed by atoms with E-state index in [0.717, 1.165) is 0 Å². The van der Waals surface area contributed by atoms with E-state index in [-0.39, 0.29) is 10.8 Å². The second-order valence-corrected chi connectivity index (χ2v) is 15.7. The molecular weight excluding hydrogens is 603 g/mol. The Labute approximate surface area is 293 Å². The molecule has 1 aliphatic carbocycles. The minimum Gasteiger partial charge on any atom is -0.308 e. The molecule has 1 heteroatoms. The third kappa shape index (κ3) is 3.20. The van der Waals surface area contributed by atoms with E-state index in [9.17, 15) is 0 Å². The average Bonchev–Trinajstić information content (AvgIpc) is 3.65. The Morgan fingerprint density at radius 3 is 1.44 bits per heavy atom. The van der Waals surface area contributed by atoms with E-state index in [0.29, 0.717) is 0 Å². The van der Waals surface area contributed by atoms with Gasteiger partial charge >= 0.3 is 0 Å². The topological polar surface area (TPSA) is 4.93 Å². The number of aromatic nitrogens is 1. The van der Waals surface area contributed by atoms with Crippen LogP contribution in [0, 0.1) is 0 Å². The van der Waals surface area contributed by atoms with Crippen molar-refractivity contribution >= 4 is 21.8 Å². The molecule has 0 spiro atoms. The van der Waals surface area contributed by atoms with Gasteiger partial charge in [-0.3, -0.25) is 0 Å². The standard InChI is InChI=1S/C49H37N/c1-47(2)39-23-13-20-36-37-21-14-24-40-45(37)50(44(36)39)46-42(47)28-31(29-43(46)48(40,3)4)30-25-26-35-34-19-11-12-22-38(34)49(41(35)27-30,32-15-7-5-8-16-32)33-17-9-6-10-18-33/h5-29H,1-4H3. The zero-order valence-corrected chi connectivity index (χ0v) is 28.9. The molecule has 0 N–H and O–H groups in total. The lowest BCUT2D eigenvalue weighted by molar-refractivity contribution is 0.594. The van der Waals surface area contributed by atoms with E-state index >= 15 is 0 Å². The van der Waals surface area contributed by atoms with E-state index in [2.05, 4.69) is 184 Å². The van der Waals surface area contributed by atoms with Gasteiger partial charge in [0.05, 0.1) is 22.1 Å². The van der Waals surface area contributed by atoms with Crippen LogP contribution in [0.3, 0.4) is 0 Å². The number of hydrogen-bond acceptors (Lipinski definition) is 0. The Morgan fingerprint density at radius 2 is 0.860 bits per heavy atom. The van der Waals surface area contributed by atoms with Crippen molar-refractivity contribution < 1.29 is 0 Å². The normalized spacial score (nSPS) is 16.5. The highest BCUT2D eigenvalue weighted by molar-refractivity contribution is 6.14. The molecule has 0 saturated carbocycles. The van der Waals surface area contributed by atoms with E-state index in [1.165, 1.54) is 94.3 Å². The second kappa shape index (κ2) is 9.31. The van der Waals surface area contributed by atoms with Crippen LogP contribution in [0.4, 0.5) is 0 Å². The van der Waals surface area contributed by atoms with E-state index < -0.39 is 5.41 Å². The molecule has 8 aromatic rings. The third-order valence-corrected chi connectivity index (χ3v) is 12.6. The molecular formula is C49H37N. The first kappa shape index (κ1) is 28.2. The molecule has 1 nitrogen and oxygen atoms in total. The monoisotopic (exact) mass is 639 g/mol. The Bertz CT molecular complexity index is 2610. The molecule has 0 bridgehead atoms. The van der Waals surface area contributed by atoms with Gasteiger partial charge in [-0.25, -0.2) is 0 Å². The summed E-state index contributed by atoms with van der Waals surface area (Å²) in [5.41, 5.74) is 19.5. The van der Waals surface area contributed by atoms with Crippen molar-refractivity contribution in [1.82, 2.24) is 4.57 Å². The van der Waals surface area contributed by atoms with Crippen LogP contribution >= 0.6 is 0 Å². The number of nitrogens with zero attached hydrogens (tertiary/aromatic N) is 1. The molecule has 0 fully saturated rings. The predicted octanol–water partition coefficient (Wildman–Crippen LogP) is 12.1. The SMILES string of the molecule is CC1(C)c2cc(-c3ccc4c(c3)C(c3ccccc3)(c3ccccc3)c3ccccc3-4)cc3c2-n2c4c1cccc4c1cccc(c12)C3(C)C. The molecule has 0 radical (unpaired) electrons. The van der Waals surface area contributed by atoms with Crippen molar-refractivity contribution in [3.05, 3.63) is 196 Å². The first-order valence-electron chi connectivity index (χ1n) is 18.0. The van der Waals surface area contributed by atoms with Crippen LogP contribution in [0.2, 0.25) is 0 Å². The van der Waals surface area contributed by atoms with Crippen LogP contribution < -0.4 is 0 Å². The van der Waals surface area contributed by atoms with Crippen molar-refractivity contribution in [3.63, 3.8) is 0 Å². The number of fused-ring (bicyclic) bond motifs is 4. The summed E-state index contributed by atoms with van der Waals surface area (Å²) in [6, 6.07) is 57.5. The molecule has 238 valence electrons. The van der Waals surface area contributed by atoms with E-state index in [1.807, 2.05) is 0 Å². The molecule has 0 atom stereocenters. The number of rotatable bonds is 3. The Morgan fingerprint density at radius 1 is 0.380 bits per heavy atom. The van der Waals surface area contributed by atoms with Gasteiger partial charge in [0.2, 0.25) is 0 Å². The average molecular weight is 640 g/mol. The summed E-state index contributed by atoms with van der Waals surface area (Å²) in [6.45, 7) is 9.72. The summed E-state index contributed by atoms with van der Waals surface area (Å²) >= 11 is 0. The Balaban J connectivity index is 1.23. The van der Waals surface area contributed by atoms with Crippen molar-refractivity contribution in [2.75, 3.05) is 0 Å². The quantitative estimate of drug-likeness (QED) is 0.181. The fourth-order valence-electron chi connectivity index (χ4n) is 10.3. The van der Waals surface area contributed by atoms with Crippen molar-refractivity contribution in [2.45, 2.75) is 43.9 Å². The second-order valence-electron chi connectivity index (χ2n) is 15.7. The van der Waals surface area contributed by atoms with Crippen LogP contribution in [0.15, 0.2) is 152 Å². The lowest BCUT2D eigenvalue weighted by Gasteiger charge is -2.42. The minimum absolute atomic E-state index is 0.164. The van der Waals surface area contributed by atoms with Gasteiger partial charge in [0.25, 0.3) is 0 Å². The van der Waals surface area contributed by atoms with Crippen LogP contribution in [-0.2, 0) is 16.2 Å². The summed E-state index contributed by atoms with van der Waals surface area (Å²) < 4.78 is 2.62. The van der Waals surface area contributed by atoms with E-state index in [1.54, 1.807) is 0 Å². The van der Waals surface area contributed by atoms with Crippen LogP contribution in [0.1, 0.15) is 72.2 Å². The van der Waals surface area contributed by atoms with Crippen LogP contribution in [0.25, 0.3) is 49.7 Å². The molecule has 3 heterocycles. The molecule has 2 aliphatic heterocycles. The van der Waals surface area contributed by atoms with Gasteiger partial charge in [0.1, 0.15) is 0 Å². The fourth-order valence-corrected chi connectivity index (χ4v) is 10.3. The van der Waals surface area contributed by atoms with E-state index in [4.69, 9.17) is 0 Å². The molecule has 3 aliphatic rings. The minimum atomic E-state index is -0.425. The summed E-state index contributed by atoms with van der Waals surface area (Å²) in [6.07, 6.45) is 0. The zero-order valence-electron chi connectivity index (χ0n) is 28.9. The molecule has 0 saturated heterocycles. The highest BCUT2D eigenvalue weighted by Gasteiger charge is 2.47. The molecule has 0 unspecified atom stereocenters. The van der Waals surface area contributed by atoms with Crippen LogP contribution in [-0.4, -0.2) is 4.57 Å². The maximum atomic E-state index is 2.62. The van der Waals surface area contributed by atoms with Gasteiger partial charge in [-0.05, 0) is 85.0 Å². The molecule has 11 rings (SSSR count). The summed E-state index contributed by atoms with van der Waals surface area (Å²) in [7, 11) is 0. The number of hydrogen-bond donors (Lipinski definition) is 0. The first-order valence-corrected chi connectivity index (χ1v) is 18.0. The number of para-hydroxylation sites is 2.